The third-order valence-electron chi connectivity index (χ3n) is 4.04. The molecule has 0 aromatic carbocycles. The second kappa shape index (κ2) is 13.1. The summed E-state index contributed by atoms with van der Waals surface area (Å²) in [6.45, 7) is 3.03. The Bertz CT molecular complexity index is 179. The molecule has 0 aliphatic heterocycles. The zero-order chi connectivity index (χ0) is 14.4. The molecule has 0 saturated heterocycles. The molecule has 19 heavy (non-hydrogen) atoms. The number of unbranched alkanes of at least 4 members (excludes halogenated alkanes) is 8. The van der Waals surface area contributed by atoms with E-state index in [9.17, 15) is 0 Å². The van der Waals surface area contributed by atoms with E-state index in [1.165, 1.54) is 57.8 Å². The molecule has 0 unspecified atom stereocenters. The van der Waals surface area contributed by atoms with Crippen LogP contribution >= 0.6 is 0 Å². The first-order valence-corrected chi connectivity index (χ1v) is 10.3. The summed E-state index contributed by atoms with van der Waals surface area (Å²) in [5, 5.41) is 0. The molecular weight excluding hydrogens is 254 g/mol. The van der Waals surface area contributed by atoms with Gasteiger partial charge in [0, 0.05) is 14.2 Å². The fourth-order valence-electron chi connectivity index (χ4n) is 2.53. The predicted octanol–water partition coefficient (Wildman–Crippen LogP) is 4.21. The van der Waals surface area contributed by atoms with Crippen molar-refractivity contribution in [2.45, 2.75) is 76.8 Å². The van der Waals surface area contributed by atoms with E-state index in [2.05, 4.69) is 6.92 Å². The van der Waals surface area contributed by atoms with E-state index in [-0.39, 0.29) is 0 Å². The topological polar surface area (TPSA) is 44.5 Å². The van der Waals surface area contributed by atoms with Crippen LogP contribution in [0.15, 0.2) is 0 Å². The van der Waals surface area contributed by atoms with Gasteiger partial charge in [0.05, 0.1) is 0 Å². The molecule has 0 amide bonds. The number of nitrogens with two attached hydrogens (primary N) is 1. The first-order valence-electron chi connectivity index (χ1n) is 8.05. The highest BCUT2D eigenvalue weighted by Crippen LogP contribution is 2.21. The quantitative estimate of drug-likeness (QED) is 0.385. The van der Waals surface area contributed by atoms with E-state index in [0.717, 1.165) is 18.6 Å². The van der Waals surface area contributed by atoms with E-state index in [1.54, 1.807) is 14.2 Å². The predicted molar refractivity (Wildman–Crippen MR) is 85.7 cm³/mol. The van der Waals surface area contributed by atoms with Crippen molar-refractivity contribution in [3.05, 3.63) is 0 Å². The van der Waals surface area contributed by atoms with Crippen molar-refractivity contribution in [2.75, 3.05) is 20.8 Å². The molecule has 4 heteroatoms. The molecule has 0 spiro atoms. The van der Waals surface area contributed by atoms with Gasteiger partial charge in [-0.05, 0) is 25.1 Å². The summed E-state index contributed by atoms with van der Waals surface area (Å²) in [5.74, 6) is 0. The molecule has 0 heterocycles. The molecular formula is C15H35NO2Si. The van der Waals surface area contributed by atoms with Gasteiger partial charge in [0.2, 0.25) is 0 Å². The second-order valence-electron chi connectivity index (χ2n) is 5.39. The Morgan fingerprint density at radius 1 is 0.737 bits per heavy atom. The van der Waals surface area contributed by atoms with E-state index in [4.69, 9.17) is 14.6 Å². The van der Waals surface area contributed by atoms with Crippen LogP contribution in [0.5, 0.6) is 0 Å². The lowest BCUT2D eigenvalue weighted by molar-refractivity contribution is 0.241. The highest BCUT2D eigenvalue weighted by Gasteiger charge is 2.32. The number of hydrogen-bond acceptors (Lipinski definition) is 3. The summed E-state index contributed by atoms with van der Waals surface area (Å²) in [6.07, 6.45) is 11.9. The second-order valence-corrected chi connectivity index (χ2v) is 9.24. The van der Waals surface area contributed by atoms with Gasteiger partial charge >= 0.3 is 8.56 Å². The van der Waals surface area contributed by atoms with Crippen LogP contribution in [0.4, 0.5) is 0 Å². The first kappa shape index (κ1) is 19.1. The van der Waals surface area contributed by atoms with Gasteiger partial charge in [-0.3, -0.25) is 0 Å². The van der Waals surface area contributed by atoms with Crippen molar-refractivity contribution < 1.29 is 8.85 Å². The van der Waals surface area contributed by atoms with Crippen LogP contribution in [-0.4, -0.2) is 29.3 Å². The van der Waals surface area contributed by atoms with Crippen LogP contribution in [0.3, 0.4) is 0 Å². The van der Waals surface area contributed by atoms with Crippen molar-refractivity contribution >= 4 is 8.56 Å². The van der Waals surface area contributed by atoms with Crippen molar-refractivity contribution in [3.63, 3.8) is 0 Å². The van der Waals surface area contributed by atoms with Crippen LogP contribution in [0.2, 0.25) is 12.1 Å². The largest absolute Gasteiger partial charge is 0.398 e. The van der Waals surface area contributed by atoms with Crippen molar-refractivity contribution in [1.82, 2.24) is 0 Å². The summed E-state index contributed by atoms with van der Waals surface area (Å²) >= 11 is 0. The summed E-state index contributed by atoms with van der Waals surface area (Å²) in [7, 11) is 1.79. The monoisotopic (exact) mass is 289 g/mol. The van der Waals surface area contributed by atoms with Crippen molar-refractivity contribution in [1.29, 1.82) is 0 Å². The van der Waals surface area contributed by atoms with Crippen LogP contribution in [0.1, 0.15) is 64.7 Å². The molecule has 0 aromatic heterocycles. The van der Waals surface area contributed by atoms with Gasteiger partial charge in [0.15, 0.2) is 0 Å². The SMILES string of the molecule is CC[Si](CCCCCCCCCCCN)(OC)OC. The Balaban J connectivity index is 3.35. The van der Waals surface area contributed by atoms with E-state index < -0.39 is 8.56 Å². The fraction of sp³-hybridized carbons (Fsp3) is 1.00. The van der Waals surface area contributed by atoms with Gasteiger partial charge in [-0.25, -0.2) is 0 Å². The Morgan fingerprint density at radius 3 is 1.53 bits per heavy atom. The van der Waals surface area contributed by atoms with Crippen LogP contribution in [0.25, 0.3) is 0 Å². The molecule has 0 saturated carbocycles. The summed E-state index contributed by atoms with van der Waals surface area (Å²) in [5.41, 5.74) is 5.48. The Labute approximate surface area is 121 Å². The Hall–Kier alpha value is 0.0969. The minimum Gasteiger partial charge on any atom is -0.398 e. The minimum absolute atomic E-state index is 0.849. The first-order chi connectivity index (χ1) is 9.24. The highest BCUT2D eigenvalue weighted by atomic mass is 28.4. The molecule has 3 nitrogen and oxygen atoms in total. The number of hydrogen-bond donors (Lipinski definition) is 1. The lowest BCUT2D eigenvalue weighted by Gasteiger charge is -2.25. The molecule has 0 radical (unpaired) electrons. The van der Waals surface area contributed by atoms with Gasteiger partial charge < -0.3 is 14.6 Å². The smallest absolute Gasteiger partial charge is 0.337 e. The molecule has 0 bridgehead atoms. The third-order valence-corrected chi connectivity index (χ3v) is 7.73. The molecule has 0 fully saturated rings. The molecule has 2 N–H and O–H groups in total. The highest BCUT2D eigenvalue weighted by molar-refractivity contribution is 6.67. The Kier molecular flexibility index (Phi) is 13.2. The van der Waals surface area contributed by atoms with Crippen molar-refractivity contribution in [2.24, 2.45) is 5.73 Å². The van der Waals surface area contributed by atoms with Crippen LogP contribution < -0.4 is 5.73 Å². The minimum atomic E-state index is -1.82. The average molecular weight is 290 g/mol. The van der Waals surface area contributed by atoms with E-state index >= 15 is 0 Å². The summed E-state index contributed by atoms with van der Waals surface area (Å²) in [6, 6.07) is 2.20. The fourth-order valence-corrected chi connectivity index (χ4v) is 4.82. The molecule has 0 atom stereocenters. The van der Waals surface area contributed by atoms with Gasteiger partial charge in [-0.15, -0.1) is 0 Å². The lowest BCUT2D eigenvalue weighted by Crippen LogP contribution is -2.38. The Morgan fingerprint density at radius 2 is 1.16 bits per heavy atom. The van der Waals surface area contributed by atoms with Gasteiger partial charge in [0.25, 0.3) is 0 Å². The summed E-state index contributed by atoms with van der Waals surface area (Å²) in [4.78, 5) is 0. The third kappa shape index (κ3) is 9.60. The van der Waals surface area contributed by atoms with Gasteiger partial charge in [-0.1, -0.05) is 58.3 Å². The molecule has 116 valence electrons. The molecule has 0 rings (SSSR count). The van der Waals surface area contributed by atoms with E-state index in [1.807, 2.05) is 0 Å². The van der Waals surface area contributed by atoms with Gasteiger partial charge in [-0.2, -0.15) is 0 Å². The normalized spacial score (nSPS) is 12.0. The molecule has 0 aliphatic carbocycles. The lowest BCUT2D eigenvalue weighted by atomic mass is 10.1. The van der Waals surface area contributed by atoms with Crippen molar-refractivity contribution in [3.8, 4) is 0 Å². The maximum absolute atomic E-state index is 5.63. The standard InChI is InChI=1S/C15H35NO2Si/c1-4-19(17-2,18-3)15-13-11-9-7-5-6-8-10-12-14-16/h4-16H2,1-3H3. The maximum Gasteiger partial charge on any atom is 0.337 e. The zero-order valence-corrected chi connectivity index (χ0v) is 14.4. The average Bonchev–Trinajstić information content (AvgIpc) is 2.46. The van der Waals surface area contributed by atoms with Crippen LogP contribution in [-0.2, 0) is 8.85 Å². The zero-order valence-electron chi connectivity index (χ0n) is 13.4. The molecule has 0 aromatic rings. The van der Waals surface area contributed by atoms with E-state index in [0.29, 0.717) is 0 Å². The van der Waals surface area contributed by atoms with Gasteiger partial charge in [0.1, 0.15) is 0 Å². The molecule has 0 aliphatic rings. The number of rotatable bonds is 14. The summed E-state index contributed by atoms with van der Waals surface area (Å²) < 4.78 is 11.3. The maximum atomic E-state index is 5.63. The van der Waals surface area contributed by atoms with Crippen LogP contribution in [0, 0.1) is 0 Å².